The lowest BCUT2D eigenvalue weighted by Crippen LogP contribution is -2.38. The minimum absolute atomic E-state index is 0.0000175. The smallest absolute Gasteiger partial charge is 0.154 e. The normalized spacial score (nSPS) is 27.2. The van der Waals surface area contributed by atoms with Crippen LogP contribution < -0.4 is 5.32 Å². The van der Waals surface area contributed by atoms with Crippen molar-refractivity contribution in [3.63, 3.8) is 0 Å². The van der Waals surface area contributed by atoms with Crippen molar-refractivity contribution in [2.24, 2.45) is 0 Å². The molecule has 6 heteroatoms. The van der Waals surface area contributed by atoms with Crippen LogP contribution in [-0.4, -0.2) is 42.2 Å². The Morgan fingerprint density at radius 3 is 2.82 bits per heavy atom. The minimum atomic E-state index is -3.09. The largest absolute Gasteiger partial charge is 0.390 e. The van der Waals surface area contributed by atoms with Gasteiger partial charge in [0.2, 0.25) is 0 Å². The average Bonchev–Trinajstić information content (AvgIpc) is 2.49. The number of aliphatic hydroxyl groups excluding tert-OH is 1. The van der Waals surface area contributed by atoms with E-state index < -0.39 is 15.9 Å². The van der Waals surface area contributed by atoms with Crippen molar-refractivity contribution < 1.29 is 13.5 Å². The summed E-state index contributed by atoms with van der Waals surface area (Å²) in [4.78, 5) is 4.30. The number of pyridine rings is 1. The number of aryl methyl sites for hydroxylation is 1. The third-order valence-electron chi connectivity index (χ3n) is 2.81. The molecule has 0 aromatic carbocycles. The van der Waals surface area contributed by atoms with Gasteiger partial charge in [0.1, 0.15) is 0 Å². The van der Waals surface area contributed by atoms with E-state index in [-0.39, 0.29) is 17.5 Å². The van der Waals surface area contributed by atoms with E-state index in [4.69, 9.17) is 0 Å². The van der Waals surface area contributed by atoms with Gasteiger partial charge in [-0.15, -0.1) is 0 Å². The Morgan fingerprint density at radius 1 is 1.47 bits per heavy atom. The van der Waals surface area contributed by atoms with E-state index in [0.29, 0.717) is 6.54 Å². The molecule has 0 saturated carbocycles. The summed E-state index contributed by atoms with van der Waals surface area (Å²) in [7, 11) is -3.09. The van der Waals surface area contributed by atoms with Crippen LogP contribution in [0.5, 0.6) is 0 Å². The number of aromatic nitrogens is 1. The molecule has 94 valence electrons. The van der Waals surface area contributed by atoms with Crippen molar-refractivity contribution in [2.75, 3.05) is 11.5 Å². The van der Waals surface area contributed by atoms with E-state index in [0.717, 1.165) is 11.4 Å². The molecule has 5 nitrogen and oxygen atoms in total. The molecule has 1 fully saturated rings. The maximum Gasteiger partial charge on any atom is 0.154 e. The van der Waals surface area contributed by atoms with Gasteiger partial charge in [-0.25, -0.2) is 8.42 Å². The molecular formula is C11H16N2O3S. The predicted molar refractivity (Wildman–Crippen MR) is 64.3 cm³/mol. The number of sulfone groups is 1. The number of rotatable bonds is 3. The topological polar surface area (TPSA) is 79.3 Å². The van der Waals surface area contributed by atoms with E-state index in [9.17, 15) is 13.5 Å². The molecule has 0 aliphatic carbocycles. The van der Waals surface area contributed by atoms with Crippen LogP contribution >= 0.6 is 0 Å². The molecule has 0 radical (unpaired) electrons. The summed E-state index contributed by atoms with van der Waals surface area (Å²) in [5, 5.41) is 12.6. The molecule has 1 aromatic heterocycles. The van der Waals surface area contributed by atoms with Crippen LogP contribution in [0.2, 0.25) is 0 Å². The van der Waals surface area contributed by atoms with Crippen LogP contribution in [0, 0.1) is 6.92 Å². The fraction of sp³-hybridized carbons (Fsp3) is 0.545. The molecule has 1 aliphatic heterocycles. The summed E-state index contributed by atoms with van der Waals surface area (Å²) in [6, 6.07) is 5.29. The molecule has 0 spiro atoms. The molecule has 2 rings (SSSR count). The maximum absolute atomic E-state index is 11.3. The van der Waals surface area contributed by atoms with Crippen molar-refractivity contribution in [1.82, 2.24) is 10.3 Å². The van der Waals surface area contributed by atoms with Crippen LogP contribution in [0.3, 0.4) is 0 Å². The second-order valence-corrected chi connectivity index (χ2v) is 6.56. The molecular weight excluding hydrogens is 240 g/mol. The van der Waals surface area contributed by atoms with Crippen molar-refractivity contribution in [1.29, 1.82) is 0 Å². The van der Waals surface area contributed by atoms with Crippen molar-refractivity contribution in [3.8, 4) is 0 Å². The first-order valence-electron chi connectivity index (χ1n) is 5.51. The molecule has 2 unspecified atom stereocenters. The van der Waals surface area contributed by atoms with Gasteiger partial charge in [0, 0.05) is 18.3 Å². The van der Waals surface area contributed by atoms with Gasteiger partial charge in [0.05, 0.1) is 23.3 Å². The van der Waals surface area contributed by atoms with E-state index >= 15 is 0 Å². The van der Waals surface area contributed by atoms with Gasteiger partial charge < -0.3 is 10.4 Å². The number of aliphatic hydroxyl groups is 1. The zero-order valence-electron chi connectivity index (χ0n) is 9.63. The lowest BCUT2D eigenvalue weighted by Gasteiger charge is -2.14. The highest BCUT2D eigenvalue weighted by Gasteiger charge is 2.35. The first-order valence-corrected chi connectivity index (χ1v) is 7.33. The molecule has 2 N–H and O–H groups in total. The first kappa shape index (κ1) is 12.5. The number of hydrogen-bond acceptors (Lipinski definition) is 5. The highest BCUT2D eigenvalue weighted by molar-refractivity contribution is 7.91. The zero-order valence-corrected chi connectivity index (χ0v) is 10.4. The van der Waals surface area contributed by atoms with E-state index in [1.807, 2.05) is 25.1 Å². The van der Waals surface area contributed by atoms with Gasteiger partial charge >= 0.3 is 0 Å². The summed E-state index contributed by atoms with van der Waals surface area (Å²) in [6.07, 6.45) is -0.815. The Hall–Kier alpha value is -0.980. The van der Waals surface area contributed by atoms with Crippen LogP contribution in [0.1, 0.15) is 11.4 Å². The fourth-order valence-corrected chi connectivity index (χ4v) is 3.73. The van der Waals surface area contributed by atoms with Crippen molar-refractivity contribution in [2.45, 2.75) is 25.6 Å². The molecule has 2 atom stereocenters. The van der Waals surface area contributed by atoms with Gasteiger partial charge in [-0.3, -0.25) is 4.98 Å². The monoisotopic (exact) mass is 256 g/mol. The second-order valence-electron chi connectivity index (χ2n) is 4.40. The zero-order chi connectivity index (χ0) is 12.5. The summed E-state index contributed by atoms with van der Waals surface area (Å²) < 4.78 is 22.6. The highest BCUT2D eigenvalue weighted by Crippen LogP contribution is 2.13. The van der Waals surface area contributed by atoms with E-state index in [2.05, 4.69) is 10.3 Å². The standard InChI is InChI=1S/C11H16N2O3S/c1-8-3-2-4-9(13-8)5-12-10-6-17(15,16)7-11(10)14/h2-4,10-12,14H,5-7H2,1H3. The van der Waals surface area contributed by atoms with Crippen LogP contribution in [0.4, 0.5) is 0 Å². The second kappa shape index (κ2) is 4.72. The molecule has 1 saturated heterocycles. The number of nitrogens with zero attached hydrogens (tertiary/aromatic N) is 1. The van der Waals surface area contributed by atoms with E-state index in [1.54, 1.807) is 0 Å². The summed E-state index contributed by atoms with van der Waals surface area (Å²) in [6.45, 7) is 2.37. The Kier molecular flexibility index (Phi) is 3.46. The number of nitrogens with one attached hydrogen (secondary N) is 1. The van der Waals surface area contributed by atoms with Crippen molar-refractivity contribution >= 4 is 9.84 Å². The van der Waals surface area contributed by atoms with Crippen LogP contribution in [0.15, 0.2) is 18.2 Å². The lowest BCUT2D eigenvalue weighted by atomic mass is 10.2. The van der Waals surface area contributed by atoms with Crippen LogP contribution in [0.25, 0.3) is 0 Å². The van der Waals surface area contributed by atoms with Gasteiger partial charge in [-0.1, -0.05) is 6.07 Å². The molecule has 2 heterocycles. The van der Waals surface area contributed by atoms with Crippen LogP contribution in [-0.2, 0) is 16.4 Å². The van der Waals surface area contributed by atoms with E-state index in [1.165, 1.54) is 0 Å². The number of hydrogen-bond donors (Lipinski definition) is 2. The summed E-state index contributed by atoms with van der Waals surface area (Å²) in [5.41, 5.74) is 1.77. The van der Waals surface area contributed by atoms with Gasteiger partial charge in [-0.05, 0) is 19.1 Å². The van der Waals surface area contributed by atoms with Crippen molar-refractivity contribution in [3.05, 3.63) is 29.6 Å². The first-order chi connectivity index (χ1) is 7.96. The predicted octanol–water partition coefficient (Wildman–Crippen LogP) is -0.362. The van der Waals surface area contributed by atoms with Gasteiger partial charge in [0.25, 0.3) is 0 Å². The Labute approximate surface area is 101 Å². The molecule has 0 bridgehead atoms. The van der Waals surface area contributed by atoms with Gasteiger partial charge in [0.15, 0.2) is 9.84 Å². The molecule has 17 heavy (non-hydrogen) atoms. The minimum Gasteiger partial charge on any atom is -0.390 e. The Morgan fingerprint density at radius 2 is 2.24 bits per heavy atom. The maximum atomic E-state index is 11.3. The Bertz CT molecular complexity index is 501. The third kappa shape index (κ3) is 3.24. The fourth-order valence-electron chi connectivity index (χ4n) is 1.96. The quantitative estimate of drug-likeness (QED) is 0.772. The Balaban J connectivity index is 1.95. The molecule has 1 aliphatic rings. The summed E-state index contributed by atoms with van der Waals surface area (Å²) >= 11 is 0. The van der Waals surface area contributed by atoms with Gasteiger partial charge in [-0.2, -0.15) is 0 Å². The molecule has 1 aromatic rings. The summed E-state index contributed by atoms with van der Waals surface area (Å²) in [5.74, 6) is -0.147. The molecule has 0 amide bonds. The third-order valence-corrected chi connectivity index (χ3v) is 4.53. The highest BCUT2D eigenvalue weighted by atomic mass is 32.2. The SMILES string of the molecule is Cc1cccc(CNC2CS(=O)(=O)CC2O)n1. The lowest BCUT2D eigenvalue weighted by molar-refractivity contribution is 0.165. The average molecular weight is 256 g/mol.